The van der Waals surface area contributed by atoms with E-state index in [-0.39, 0.29) is 5.13 Å². The SMILES string of the molecule is O=C(NC(=O)c1c(F)cccc1F)Nc1nnc(-c2ccncc2)s1. The molecule has 7 nitrogen and oxygen atoms in total. The molecular formula is C15H9F2N5O2S. The van der Waals surface area contributed by atoms with Crippen LogP contribution < -0.4 is 10.6 Å². The molecule has 0 spiro atoms. The first kappa shape index (κ1) is 16.6. The highest BCUT2D eigenvalue weighted by atomic mass is 32.1. The Labute approximate surface area is 143 Å². The first-order valence-electron chi connectivity index (χ1n) is 6.85. The number of carbonyl (C=O) groups excluding carboxylic acids is 2. The highest BCUT2D eigenvalue weighted by molar-refractivity contribution is 7.18. The number of nitrogens with zero attached hydrogens (tertiary/aromatic N) is 3. The molecule has 0 atom stereocenters. The molecule has 3 aromatic rings. The lowest BCUT2D eigenvalue weighted by molar-refractivity contribution is 0.0959. The Kier molecular flexibility index (Phi) is 4.70. The van der Waals surface area contributed by atoms with Crippen LogP contribution in [0.1, 0.15) is 10.4 Å². The van der Waals surface area contributed by atoms with Gasteiger partial charge < -0.3 is 0 Å². The van der Waals surface area contributed by atoms with Gasteiger partial charge in [0, 0.05) is 18.0 Å². The zero-order chi connectivity index (χ0) is 17.8. The average molecular weight is 361 g/mol. The molecule has 0 unspecified atom stereocenters. The van der Waals surface area contributed by atoms with Crippen molar-refractivity contribution in [2.75, 3.05) is 5.32 Å². The molecule has 2 aromatic heterocycles. The molecule has 0 fully saturated rings. The maximum Gasteiger partial charge on any atom is 0.328 e. The maximum atomic E-state index is 13.5. The quantitative estimate of drug-likeness (QED) is 0.748. The molecule has 126 valence electrons. The third-order valence-electron chi connectivity index (χ3n) is 2.99. The molecule has 0 saturated carbocycles. The van der Waals surface area contributed by atoms with Crippen molar-refractivity contribution in [2.24, 2.45) is 0 Å². The predicted molar refractivity (Wildman–Crippen MR) is 86.0 cm³/mol. The van der Waals surface area contributed by atoms with E-state index in [1.54, 1.807) is 24.5 Å². The summed E-state index contributed by atoms with van der Waals surface area (Å²) in [4.78, 5) is 27.5. The van der Waals surface area contributed by atoms with Crippen LogP contribution in [0.25, 0.3) is 10.6 Å². The molecule has 1 aromatic carbocycles. The van der Waals surface area contributed by atoms with E-state index < -0.39 is 29.1 Å². The number of hydrogen-bond acceptors (Lipinski definition) is 6. The molecule has 0 aliphatic heterocycles. The van der Waals surface area contributed by atoms with Gasteiger partial charge in [-0.2, -0.15) is 0 Å². The Balaban J connectivity index is 1.67. The molecule has 0 saturated heterocycles. The average Bonchev–Trinajstić information content (AvgIpc) is 3.03. The summed E-state index contributed by atoms with van der Waals surface area (Å²) < 4.78 is 27.0. The Bertz CT molecular complexity index is 912. The van der Waals surface area contributed by atoms with Crippen molar-refractivity contribution in [3.63, 3.8) is 0 Å². The second-order valence-electron chi connectivity index (χ2n) is 4.65. The van der Waals surface area contributed by atoms with Crippen molar-refractivity contribution >= 4 is 28.4 Å². The van der Waals surface area contributed by atoms with Crippen LogP contribution >= 0.6 is 11.3 Å². The number of carbonyl (C=O) groups is 2. The van der Waals surface area contributed by atoms with E-state index in [1.807, 2.05) is 5.32 Å². The standard InChI is InChI=1S/C15H9F2N5O2S/c16-9-2-1-3-10(17)11(9)12(23)19-14(24)20-15-22-21-13(25-15)8-4-6-18-7-5-8/h1-7H,(H2,19,20,22,23,24). The number of anilines is 1. The third kappa shape index (κ3) is 3.80. The molecule has 2 heterocycles. The van der Waals surface area contributed by atoms with Crippen molar-refractivity contribution in [2.45, 2.75) is 0 Å². The highest BCUT2D eigenvalue weighted by Crippen LogP contribution is 2.25. The minimum Gasteiger partial charge on any atom is -0.282 e. The summed E-state index contributed by atoms with van der Waals surface area (Å²) in [6.07, 6.45) is 3.16. The molecule has 3 rings (SSSR count). The van der Waals surface area contributed by atoms with Crippen LogP contribution in [-0.2, 0) is 0 Å². The predicted octanol–water partition coefficient (Wildman–Crippen LogP) is 2.84. The number of amides is 3. The number of benzene rings is 1. The summed E-state index contributed by atoms with van der Waals surface area (Å²) in [6.45, 7) is 0. The smallest absolute Gasteiger partial charge is 0.282 e. The van der Waals surface area contributed by atoms with E-state index in [9.17, 15) is 18.4 Å². The molecule has 0 bridgehead atoms. The van der Waals surface area contributed by atoms with Gasteiger partial charge in [-0.1, -0.05) is 17.4 Å². The summed E-state index contributed by atoms with van der Waals surface area (Å²) in [5, 5.41) is 12.4. The summed E-state index contributed by atoms with van der Waals surface area (Å²) in [7, 11) is 0. The van der Waals surface area contributed by atoms with Gasteiger partial charge in [-0.05, 0) is 24.3 Å². The van der Waals surface area contributed by atoms with E-state index in [2.05, 4.69) is 20.5 Å². The lowest BCUT2D eigenvalue weighted by Crippen LogP contribution is -2.35. The van der Waals surface area contributed by atoms with E-state index in [0.29, 0.717) is 5.01 Å². The van der Waals surface area contributed by atoms with Crippen LogP contribution in [-0.4, -0.2) is 27.1 Å². The van der Waals surface area contributed by atoms with Crippen LogP contribution in [0.15, 0.2) is 42.7 Å². The van der Waals surface area contributed by atoms with Crippen molar-refractivity contribution in [3.05, 3.63) is 59.9 Å². The minimum atomic E-state index is -1.20. The van der Waals surface area contributed by atoms with Crippen molar-refractivity contribution in [3.8, 4) is 10.6 Å². The van der Waals surface area contributed by atoms with E-state index in [1.165, 1.54) is 0 Å². The molecule has 0 aliphatic carbocycles. The number of nitrogens with one attached hydrogen (secondary N) is 2. The van der Waals surface area contributed by atoms with Gasteiger partial charge >= 0.3 is 6.03 Å². The molecule has 2 N–H and O–H groups in total. The van der Waals surface area contributed by atoms with Gasteiger partial charge in [-0.3, -0.25) is 20.4 Å². The van der Waals surface area contributed by atoms with Crippen LogP contribution in [0.3, 0.4) is 0 Å². The second-order valence-corrected chi connectivity index (χ2v) is 5.63. The van der Waals surface area contributed by atoms with E-state index in [4.69, 9.17) is 0 Å². The van der Waals surface area contributed by atoms with Gasteiger partial charge in [0.2, 0.25) is 5.13 Å². The zero-order valence-electron chi connectivity index (χ0n) is 12.4. The number of halogens is 2. The van der Waals surface area contributed by atoms with Crippen molar-refractivity contribution in [1.29, 1.82) is 0 Å². The molecular weight excluding hydrogens is 352 g/mol. The third-order valence-corrected chi connectivity index (χ3v) is 3.88. The van der Waals surface area contributed by atoms with E-state index >= 15 is 0 Å². The summed E-state index contributed by atoms with van der Waals surface area (Å²) >= 11 is 1.06. The number of urea groups is 1. The van der Waals surface area contributed by atoms with Gasteiger partial charge in [-0.15, -0.1) is 10.2 Å². The second kappa shape index (κ2) is 7.09. The number of hydrogen-bond donors (Lipinski definition) is 2. The monoisotopic (exact) mass is 361 g/mol. The van der Waals surface area contributed by atoms with Crippen molar-refractivity contribution in [1.82, 2.24) is 20.5 Å². The minimum absolute atomic E-state index is 0.117. The summed E-state index contributed by atoms with van der Waals surface area (Å²) in [6, 6.07) is 5.40. The summed E-state index contributed by atoms with van der Waals surface area (Å²) in [5.74, 6) is -3.34. The Morgan fingerprint density at radius 1 is 1.00 bits per heavy atom. The van der Waals surface area contributed by atoms with Gasteiger partial charge in [0.05, 0.1) is 0 Å². The maximum absolute atomic E-state index is 13.5. The van der Waals surface area contributed by atoms with Gasteiger partial charge in [0.15, 0.2) is 0 Å². The highest BCUT2D eigenvalue weighted by Gasteiger charge is 2.19. The molecule has 25 heavy (non-hydrogen) atoms. The van der Waals surface area contributed by atoms with Crippen LogP contribution in [0.4, 0.5) is 18.7 Å². The lowest BCUT2D eigenvalue weighted by Gasteiger charge is -2.05. The van der Waals surface area contributed by atoms with E-state index in [0.717, 1.165) is 35.1 Å². The summed E-state index contributed by atoms with van der Waals surface area (Å²) in [5.41, 5.74) is -0.0853. The van der Waals surface area contributed by atoms with Crippen LogP contribution in [0, 0.1) is 11.6 Å². The zero-order valence-corrected chi connectivity index (χ0v) is 13.2. The number of aromatic nitrogens is 3. The molecule has 3 amide bonds. The fourth-order valence-corrected chi connectivity index (χ4v) is 2.64. The van der Waals surface area contributed by atoms with Gasteiger partial charge in [0.1, 0.15) is 22.2 Å². The molecule has 0 aliphatic rings. The first-order chi connectivity index (χ1) is 12.0. The molecule has 0 radical (unpaired) electrons. The Morgan fingerprint density at radius 3 is 2.36 bits per heavy atom. The largest absolute Gasteiger partial charge is 0.328 e. The number of pyridine rings is 1. The Hall–Kier alpha value is -3.27. The van der Waals surface area contributed by atoms with Gasteiger partial charge in [-0.25, -0.2) is 13.6 Å². The number of rotatable bonds is 3. The normalized spacial score (nSPS) is 10.3. The molecule has 10 heteroatoms. The van der Waals surface area contributed by atoms with Crippen LogP contribution in [0.5, 0.6) is 0 Å². The van der Waals surface area contributed by atoms with Crippen LogP contribution in [0.2, 0.25) is 0 Å². The fourth-order valence-electron chi connectivity index (χ4n) is 1.89. The Morgan fingerprint density at radius 2 is 1.68 bits per heavy atom. The number of imide groups is 1. The first-order valence-corrected chi connectivity index (χ1v) is 7.66. The lowest BCUT2D eigenvalue weighted by atomic mass is 10.2. The topological polar surface area (TPSA) is 96.9 Å². The fraction of sp³-hybridized carbons (Fsp3) is 0. The van der Waals surface area contributed by atoms with Gasteiger partial charge in [0.25, 0.3) is 5.91 Å². The van der Waals surface area contributed by atoms with Crippen molar-refractivity contribution < 1.29 is 18.4 Å².